The molecule has 0 bridgehead atoms. The monoisotopic (exact) mass is 392 g/mol. The second-order valence-electron chi connectivity index (χ2n) is 4.90. The third-order valence-electron chi connectivity index (χ3n) is 3.07. The van der Waals surface area contributed by atoms with Crippen LogP contribution in [0, 0.1) is 17.0 Å². The van der Waals surface area contributed by atoms with E-state index in [9.17, 15) is 19.7 Å². The molecule has 0 radical (unpaired) electrons. The molecule has 0 aliphatic rings. The highest BCUT2D eigenvalue weighted by Gasteiger charge is 2.14. The van der Waals surface area contributed by atoms with Crippen molar-refractivity contribution in [3.8, 4) is 0 Å². The Hall–Kier alpha value is -2.74. The van der Waals surface area contributed by atoms with Crippen molar-refractivity contribution in [1.82, 2.24) is 0 Å². The van der Waals surface area contributed by atoms with Crippen LogP contribution in [-0.2, 0) is 9.53 Å². The van der Waals surface area contributed by atoms with Crippen molar-refractivity contribution in [2.24, 2.45) is 0 Å². The molecule has 24 heavy (non-hydrogen) atoms. The summed E-state index contributed by atoms with van der Waals surface area (Å²) in [5, 5.41) is 13.3. The summed E-state index contributed by atoms with van der Waals surface area (Å²) in [6.45, 7) is 1.39. The third-order valence-corrected chi connectivity index (χ3v) is 3.96. The van der Waals surface area contributed by atoms with Crippen LogP contribution >= 0.6 is 15.9 Å². The van der Waals surface area contributed by atoms with Gasteiger partial charge in [-0.25, -0.2) is 4.79 Å². The van der Waals surface area contributed by atoms with Crippen LogP contribution in [0.1, 0.15) is 15.9 Å². The molecule has 2 rings (SSSR count). The van der Waals surface area contributed by atoms with Gasteiger partial charge in [-0.1, -0.05) is 22.0 Å². The van der Waals surface area contributed by atoms with Gasteiger partial charge in [-0.2, -0.15) is 0 Å². The summed E-state index contributed by atoms with van der Waals surface area (Å²) in [5.41, 5.74) is 1.31. The van der Waals surface area contributed by atoms with Crippen molar-refractivity contribution < 1.29 is 19.2 Å². The van der Waals surface area contributed by atoms with Crippen LogP contribution in [0.25, 0.3) is 0 Å². The molecule has 1 N–H and O–H groups in total. The van der Waals surface area contributed by atoms with Gasteiger partial charge in [0.05, 0.1) is 10.5 Å². The molecule has 7 nitrogen and oxygen atoms in total. The van der Waals surface area contributed by atoms with Crippen LogP contribution in [0.5, 0.6) is 0 Å². The van der Waals surface area contributed by atoms with Gasteiger partial charge in [0.2, 0.25) is 0 Å². The Labute approximate surface area is 145 Å². The Morgan fingerprint density at radius 2 is 2.00 bits per heavy atom. The minimum atomic E-state index is -0.805. The predicted molar refractivity (Wildman–Crippen MR) is 90.9 cm³/mol. The van der Waals surface area contributed by atoms with Crippen LogP contribution < -0.4 is 5.32 Å². The first-order valence-electron chi connectivity index (χ1n) is 6.84. The van der Waals surface area contributed by atoms with Crippen LogP contribution in [0.4, 0.5) is 11.4 Å². The van der Waals surface area contributed by atoms with Crippen molar-refractivity contribution in [3.63, 3.8) is 0 Å². The molecular weight excluding hydrogens is 380 g/mol. The summed E-state index contributed by atoms with van der Waals surface area (Å²) in [6.07, 6.45) is 0. The van der Waals surface area contributed by atoms with Gasteiger partial charge >= 0.3 is 5.97 Å². The molecule has 0 aliphatic heterocycles. The summed E-state index contributed by atoms with van der Waals surface area (Å²) < 4.78 is 5.78. The highest BCUT2D eigenvalue weighted by atomic mass is 79.9. The molecular formula is C16H13BrN2O5. The number of hydrogen-bond acceptors (Lipinski definition) is 5. The Kier molecular flexibility index (Phi) is 5.64. The topological polar surface area (TPSA) is 98.5 Å². The molecule has 124 valence electrons. The number of non-ortho nitro benzene ring substituents is 1. The molecule has 0 aromatic heterocycles. The van der Waals surface area contributed by atoms with E-state index in [0.717, 1.165) is 16.1 Å². The number of nitro benzene ring substituents is 1. The molecule has 0 fully saturated rings. The minimum absolute atomic E-state index is 0.0106. The first-order valence-corrected chi connectivity index (χ1v) is 7.63. The van der Waals surface area contributed by atoms with Crippen LogP contribution in [0.2, 0.25) is 0 Å². The molecule has 0 heterocycles. The SMILES string of the molecule is Cc1cc(NC(=O)COC(=O)c2cccc([N+](=O)[O-])c2)ccc1Br. The van der Waals surface area contributed by atoms with Gasteiger partial charge in [0.1, 0.15) is 0 Å². The Bertz CT molecular complexity index is 807. The minimum Gasteiger partial charge on any atom is -0.452 e. The molecule has 2 aromatic carbocycles. The number of anilines is 1. The average Bonchev–Trinajstić information content (AvgIpc) is 2.56. The lowest BCUT2D eigenvalue weighted by atomic mass is 10.2. The van der Waals surface area contributed by atoms with Gasteiger partial charge in [0, 0.05) is 22.3 Å². The number of carbonyl (C=O) groups excluding carboxylic acids is 2. The lowest BCUT2D eigenvalue weighted by Crippen LogP contribution is -2.21. The fraction of sp³-hybridized carbons (Fsp3) is 0.125. The number of benzene rings is 2. The van der Waals surface area contributed by atoms with E-state index in [1.54, 1.807) is 18.2 Å². The van der Waals surface area contributed by atoms with E-state index >= 15 is 0 Å². The standard InChI is InChI=1S/C16H13BrN2O5/c1-10-7-12(5-6-14(10)17)18-15(20)9-24-16(21)11-3-2-4-13(8-11)19(22)23/h2-8H,9H2,1H3,(H,18,20). The Morgan fingerprint density at radius 1 is 1.25 bits per heavy atom. The molecule has 2 aromatic rings. The number of nitro groups is 1. The fourth-order valence-electron chi connectivity index (χ4n) is 1.88. The number of carbonyl (C=O) groups is 2. The van der Waals surface area contributed by atoms with Gasteiger partial charge in [-0.05, 0) is 36.8 Å². The number of hydrogen-bond donors (Lipinski definition) is 1. The highest BCUT2D eigenvalue weighted by molar-refractivity contribution is 9.10. The largest absolute Gasteiger partial charge is 0.452 e. The maximum absolute atomic E-state index is 11.8. The van der Waals surface area contributed by atoms with Crippen LogP contribution in [-0.4, -0.2) is 23.4 Å². The van der Waals surface area contributed by atoms with Crippen LogP contribution in [0.3, 0.4) is 0 Å². The van der Waals surface area contributed by atoms with Gasteiger partial charge in [-0.15, -0.1) is 0 Å². The molecule has 0 unspecified atom stereocenters. The molecule has 0 saturated heterocycles. The zero-order valence-corrected chi connectivity index (χ0v) is 14.2. The van der Waals surface area contributed by atoms with E-state index in [-0.39, 0.29) is 11.3 Å². The van der Waals surface area contributed by atoms with Gasteiger partial charge in [0.15, 0.2) is 6.61 Å². The number of nitrogens with zero attached hydrogens (tertiary/aromatic N) is 1. The maximum atomic E-state index is 11.8. The zero-order chi connectivity index (χ0) is 17.7. The Morgan fingerprint density at radius 3 is 2.67 bits per heavy atom. The van der Waals surface area contributed by atoms with E-state index in [0.29, 0.717) is 5.69 Å². The van der Waals surface area contributed by atoms with Gasteiger partial charge in [0.25, 0.3) is 11.6 Å². The van der Waals surface area contributed by atoms with E-state index in [2.05, 4.69) is 21.2 Å². The second-order valence-corrected chi connectivity index (χ2v) is 5.75. The Balaban J connectivity index is 1.93. The second kappa shape index (κ2) is 7.69. The van der Waals surface area contributed by atoms with Gasteiger partial charge < -0.3 is 10.1 Å². The van der Waals surface area contributed by atoms with E-state index in [4.69, 9.17) is 4.74 Å². The van der Waals surface area contributed by atoms with Crippen molar-refractivity contribution in [3.05, 3.63) is 68.2 Å². The number of ether oxygens (including phenoxy) is 1. The van der Waals surface area contributed by atoms with E-state index < -0.39 is 23.4 Å². The smallest absolute Gasteiger partial charge is 0.338 e. The van der Waals surface area contributed by atoms with E-state index in [1.165, 1.54) is 18.2 Å². The van der Waals surface area contributed by atoms with Gasteiger partial charge in [-0.3, -0.25) is 14.9 Å². The number of amides is 1. The number of nitrogens with one attached hydrogen (secondary N) is 1. The normalized spacial score (nSPS) is 10.1. The summed E-state index contributed by atoms with van der Waals surface area (Å²) in [6, 6.07) is 10.4. The highest BCUT2D eigenvalue weighted by Crippen LogP contribution is 2.20. The summed E-state index contributed by atoms with van der Waals surface area (Å²) in [7, 11) is 0. The number of halogens is 1. The predicted octanol–water partition coefficient (Wildman–Crippen LogP) is 3.46. The molecule has 0 saturated carbocycles. The summed E-state index contributed by atoms with van der Waals surface area (Å²) >= 11 is 3.36. The molecule has 1 amide bonds. The lowest BCUT2D eigenvalue weighted by molar-refractivity contribution is -0.384. The molecule has 0 aliphatic carbocycles. The first-order chi connectivity index (χ1) is 11.4. The van der Waals surface area contributed by atoms with E-state index in [1.807, 2.05) is 6.92 Å². The first kappa shape index (κ1) is 17.6. The number of esters is 1. The van der Waals surface area contributed by atoms with Crippen molar-refractivity contribution in [2.75, 3.05) is 11.9 Å². The quantitative estimate of drug-likeness (QED) is 0.477. The lowest BCUT2D eigenvalue weighted by Gasteiger charge is -2.08. The zero-order valence-electron chi connectivity index (χ0n) is 12.6. The molecule has 0 atom stereocenters. The van der Waals surface area contributed by atoms with Crippen molar-refractivity contribution >= 4 is 39.2 Å². The van der Waals surface area contributed by atoms with Crippen LogP contribution in [0.15, 0.2) is 46.9 Å². The maximum Gasteiger partial charge on any atom is 0.338 e. The van der Waals surface area contributed by atoms with Crippen molar-refractivity contribution in [1.29, 1.82) is 0 Å². The number of rotatable bonds is 5. The third kappa shape index (κ3) is 4.63. The molecule has 8 heteroatoms. The number of aryl methyl sites for hydroxylation is 1. The molecule has 0 spiro atoms. The summed E-state index contributed by atoms with van der Waals surface area (Å²) in [4.78, 5) is 33.7. The van der Waals surface area contributed by atoms with Crippen molar-refractivity contribution in [2.45, 2.75) is 6.92 Å². The average molecular weight is 393 g/mol. The fourth-order valence-corrected chi connectivity index (χ4v) is 2.13. The summed E-state index contributed by atoms with van der Waals surface area (Å²) in [5.74, 6) is -1.31.